The number of carboxylic acids is 1. The van der Waals surface area contributed by atoms with Crippen molar-refractivity contribution in [3.63, 3.8) is 0 Å². The Kier molecular flexibility index (Phi) is 12.5. The zero-order chi connectivity index (χ0) is 38.3. The van der Waals surface area contributed by atoms with Crippen molar-refractivity contribution in [1.82, 2.24) is 25.0 Å². The zero-order valence-corrected chi connectivity index (χ0v) is 29.3. The first-order valence-electron chi connectivity index (χ1n) is 17.3. The molecular formula is C36H42F5N7O5. The summed E-state index contributed by atoms with van der Waals surface area (Å²) < 4.78 is 68.4. The second-order valence-corrected chi connectivity index (χ2v) is 13.3. The number of nitrogens with zero attached hydrogens (tertiary/aromatic N) is 4. The molecule has 2 saturated heterocycles. The number of ether oxygens (including phenoxy) is 1. The van der Waals surface area contributed by atoms with Gasteiger partial charge in [0.25, 0.3) is 5.91 Å². The number of carbonyl (C=O) groups excluding carboxylic acids is 2. The lowest BCUT2D eigenvalue weighted by molar-refractivity contribution is -0.937. The van der Waals surface area contributed by atoms with Gasteiger partial charge in [-0.1, -0.05) is 6.92 Å². The van der Waals surface area contributed by atoms with Crippen LogP contribution in [0.3, 0.4) is 0 Å². The molecular weight excluding hydrogens is 705 g/mol. The fraction of sp³-hybridized carbons (Fsp3) is 0.444. The van der Waals surface area contributed by atoms with Crippen LogP contribution in [0.5, 0.6) is 5.75 Å². The molecule has 2 aliphatic rings. The number of likely N-dealkylation sites (tertiary alicyclic amines) is 1. The lowest BCUT2D eigenvalue weighted by Crippen LogP contribution is -2.61. The minimum atomic E-state index is -5.19. The number of carboxylic acid groups (broad SMARTS) is 1. The maximum atomic E-state index is 14.9. The van der Waals surface area contributed by atoms with E-state index in [0.29, 0.717) is 47.5 Å². The number of amides is 1. The Balaban J connectivity index is 0.000000705. The molecule has 2 aliphatic heterocycles. The smallest absolute Gasteiger partial charge is 0.430 e. The summed E-state index contributed by atoms with van der Waals surface area (Å²) in [5, 5.41) is 28.3. The standard InChI is InChI=1S/C34H41F2N7O3.C2HF3O2/c1-3-24-16-25(41-32-33-39-20-28(42(33)11-10-38-32)27-6-7-29(46-2)31(36)30(27)35)4-5-26(24)34(45)40-19-22-8-12-43(13-9-22,14-15-44)21-23-17-37-18-23;3-2(4,5)1(6)7/h4-7,10-11,16,20,22-23,37,44H,3,8-9,12-15,17-19,21H2,1-2H3,(H-,38,40,41,45);(H,6,7). The molecule has 0 spiro atoms. The van der Waals surface area contributed by atoms with Crippen LogP contribution in [-0.2, 0) is 11.2 Å². The van der Waals surface area contributed by atoms with Crippen molar-refractivity contribution < 1.29 is 51.0 Å². The van der Waals surface area contributed by atoms with E-state index in [1.807, 2.05) is 25.1 Å². The number of piperidine rings is 1. The fourth-order valence-electron chi connectivity index (χ4n) is 6.86. The number of hydrogen-bond acceptors (Lipinski definition) is 9. The number of methoxy groups -OCH3 is 1. The molecule has 4 N–H and O–H groups in total. The Bertz CT molecular complexity index is 1910. The third-order valence-corrected chi connectivity index (χ3v) is 9.86. The number of fused-ring (bicyclic) bond motifs is 1. The molecule has 0 unspecified atom stereocenters. The Morgan fingerprint density at radius 1 is 1.09 bits per heavy atom. The van der Waals surface area contributed by atoms with Gasteiger partial charge in [-0.25, -0.2) is 14.4 Å². The number of aliphatic carboxylic acids is 1. The minimum absolute atomic E-state index is 0.0505. The molecule has 53 heavy (non-hydrogen) atoms. The van der Waals surface area contributed by atoms with Crippen LogP contribution in [0.4, 0.5) is 33.5 Å². The largest absolute Gasteiger partial charge is 0.542 e. The summed E-state index contributed by atoms with van der Waals surface area (Å²) in [4.78, 5) is 31.0. The average Bonchev–Trinajstić information content (AvgIpc) is 3.55. The van der Waals surface area contributed by atoms with Gasteiger partial charge in [0.05, 0.1) is 45.2 Å². The Morgan fingerprint density at radius 2 is 1.81 bits per heavy atom. The van der Waals surface area contributed by atoms with E-state index in [1.165, 1.54) is 25.4 Å². The molecule has 12 nitrogen and oxygen atoms in total. The Hall–Kier alpha value is -4.87. The summed E-state index contributed by atoms with van der Waals surface area (Å²) >= 11 is 0. The highest BCUT2D eigenvalue weighted by molar-refractivity contribution is 5.96. The molecule has 4 aromatic rings. The van der Waals surface area contributed by atoms with E-state index in [9.17, 15) is 31.9 Å². The van der Waals surface area contributed by atoms with Gasteiger partial charge in [0.2, 0.25) is 5.82 Å². The highest BCUT2D eigenvalue weighted by atomic mass is 19.4. The number of rotatable bonds is 12. The van der Waals surface area contributed by atoms with E-state index in [2.05, 4.69) is 25.9 Å². The van der Waals surface area contributed by atoms with Crippen LogP contribution in [-0.4, -0.2) is 102 Å². The molecule has 2 aromatic heterocycles. The van der Waals surface area contributed by atoms with Crippen LogP contribution in [0.25, 0.3) is 16.9 Å². The Labute approximate surface area is 302 Å². The fourth-order valence-corrected chi connectivity index (χ4v) is 6.86. The van der Waals surface area contributed by atoms with E-state index in [4.69, 9.17) is 14.6 Å². The van der Waals surface area contributed by atoms with Gasteiger partial charge >= 0.3 is 6.18 Å². The number of benzene rings is 2. The predicted molar refractivity (Wildman–Crippen MR) is 183 cm³/mol. The van der Waals surface area contributed by atoms with Gasteiger partial charge in [-0.2, -0.15) is 17.6 Å². The molecule has 2 aromatic carbocycles. The number of alkyl halides is 3. The molecule has 0 saturated carbocycles. The van der Waals surface area contributed by atoms with Gasteiger partial charge in [-0.15, -0.1) is 0 Å². The van der Waals surface area contributed by atoms with Crippen molar-refractivity contribution >= 4 is 29.0 Å². The number of aliphatic hydroxyl groups excluding tert-OH is 1. The van der Waals surface area contributed by atoms with Crippen LogP contribution in [0.2, 0.25) is 0 Å². The molecule has 17 heteroatoms. The van der Waals surface area contributed by atoms with Crippen LogP contribution in [0, 0.1) is 23.5 Å². The summed E-state index contributed by atoms with van der Waals surface area (Å²) in [5.41, 5.74) is 3.12. The number of aryl methyl sites for hydroxylation is 1. The van der Waals surface area contributed by atoms with E-state index < -0.39 is 23.8 Å². The Morgan fingerprint density at radius 3 is 2.42 bits per heavy atom. The lowest BCUT2D eigenvalue weighted by atomic mass is 9.91. The average molecular weight is 748 g/mol. The maximum absolute atomic E-state index is 14.9. The number of anilines is 2. The second-order valence-electron chi connectivity index (χ2n) is 13.3. The molecule has 2 fully saturated rings. The van der Waals surface area contributed by atoms with Crippen LogP contribution in [0.1, 0.15) is 35.7 Å². The number of aliphatic hydroxyl groups is 1. The quantitative estimate of drug-likeness (QED) is 0.126. The normalized spacial score (nSPS) is 18.8. The molecule has 286 valence electrons. The molecule has 0 radical (unpaired) electrons. The predicted octanol–water partition coefficient (Wildman–Crippen LogP) is 3.46. The first kappa shape index (κ1) is 39.3. The van der Waals surface area contributed by atoms with E-state index >= 15 is 0 Å². The van der Waals surface area contributed by atoms with Crippen molar-refractivity contribution in [2.75, 3.05) is 64.8 Å². The van der Waals surface area contributed by atoms with Crippen molar-refractivity contribution in [3.8, 4) is 17.0 Å². The maximum Gasteiger partial charge on any atom is 0.430 e. The molecule has 6 rings (SSSR count). The minimum Gasteiger partial charge on any atom is -0.542 e. The highest BCUT2D eigenvalue weighted by Gasteiger charge is 2.37. The van der Waals surface area contributed by atoms with Gasteiger partial charge in [-0.05, 0) is 48.2 Å². The summed E-state index contributed by atoms with van der Waals surface area (Å²) in [6.07, 6.45) is 2.21. The van der Waals surface area contributed by atoms with Gasteiger partial charge in [-0.3, -0.25) is 9.20 Å². The van der Waals surface area contributed by atoms with Crippen molar-refractivity contribution in [2.45, 2.75) is 32.4 Å². The first-order valence-corrected chi connectivity index (χ1v) is 17.3. The van der Waals surface area contributed by atoms with Gasteiger partial charge in [0.15, 0.2) is 23.0 Å². The summed E-state index contributed by atoms with van der Waals surface area (Å²) in [7, 11) is 1.29. The van der Waals surface area contributed by atoms with Crippen molar-refractivity contribution in [2.24, 2.45) is 11.8 Å². The SMILES string of the molecule is CCc1cc(Nc2nccn3c(-c4ccc(OC)c(F)c4F)cnc23)ccc1C(=O)NCC1CC[N+](CCO)(CC2CNC2)CC1.O=C([O-])C(F)(F)F. The molecule has 0 bridgehead atoms. The van der Waals surface area contributed by atoms with Crippen molar-refractivity contribution in [1.29, 1.82) is 0 Å². The number of aromatic nitrogens is 3. The number of hydrogen-bond donors (Lipinski definition) is 4. The summed E-state index contributed by atoms with van der Waals surface area (Å²) in [6.45, 7) is 9.03. The third-order valence-electron chi connectivity index (χ3n) is 9.86. The molecule has 0 aliphatic carbocycles. The van der Waals surface area contributed by atoms with Crippen LogP contribution < -0.4 is 25.8 Å². The second kappa shape index (κ2) is 16.9. The van der Waals surface area contributed by atoms with Crippen molar-refractivity contribution in [3.05, 3.63) is 71.7 Å². The van der Waals surface area contributed by atoms with Crippen LogP contribution >= 0.6 is 0 Å². The van der Waals surface area contributed by atoms with Crippen LogP contribution in [0.15, 0.2) is 48.9 Å². The van der Waals surface area contributed by atoms with E-state index in [1.54, 1.807) is 16.8 Å². The third kappa shape index (κ3) is 9.20. The molecule has 0 atom stereocenters. The van der Waals surface area contributed by atoms with Gasteiger partial charge in [0, 0.05) is 67.6 Å². The lowest BCUT2D eigenvalue weighted by Gasteiger charge is -2.47. The monoisotopic (exact) mass is 747 g/mol. The molecule has 1 amide bonds. The first-order chi connectivity index (χ1) is 25.3. The van der Waals surface area contributed by atoms with Gasteiger partial charge < -0.3 is 40.2 Å². The summed E-state index contributed by atoms with van der Waals surface area (Å²) in [6, 6.07) is 8.42. The number of halogens is 5. The number of quaternary nitrogens is 1. The van der Waals surface area contributed by atoms with Gasteiger partial charge in [0.1, 0.15) is 12.5 Å². The zero-order valence-electron chi connectivity index (χ0n) is 29.3. The van der Waals surface area contributed by atoms with E-state index in [-0.39, 0.29) is 23.8 Å². The van der Waals surface area contributed by atoms with E-state index in [0.717, 1.165) is 67.8 Å². The molecule has 4 heterocycles. The number of nitrogens with one attached hydrogen (secondary N) is 3. The summed E-state index contributed by atoms with van der Waals surface area (Å²) in [5.74, 6) is -3.79. The number of carbonyl (C=O) groups is 2. The highest BCUT2D eigenvalue weighted by Crippen LogP contribution is 2.32. The number of imidazole rings is 1. The topological polar surface area (TPSA) is 153 Å².